The fourth-order valence-corrected chi connectivity index (χ4v) is 1.20. The molecule has 1 saturated heterocycles. The fraction of sp³-hybridized carbons (Fsp3) is 0.900. The smallest absolute Gasteiger partial charge is 0.236 e. The Bertz CT molecular complexity index is 219. The molecule has 0 bridgehead atoms. The van der Waals surface area contributed by atoms with Crippen molar-refractivity contribution in [2.45, 2.75) is 25.7 Å². The molecule has 0 aromatic rings. The third kappa shape index (κ3) is 4.15. The first-order chi connectivity index (χ1) is 6.91. The Morgan fingerprint density at radius 3 is 2.40 bits per heavy atom. The highest BCUT2D eigenvalue weighted by molar-refractivity contribution is 5.77. The van der Waals surface area contributed by atoms with Gasteiger partial charge in [-0.2, -0.15) is 0 Å². The molecule has 0 aromatic heterocycles. The molecule has 1 amide bonds. The third-order valence-electron chi connectivity index (χ3n) is 2.31. The number of nitrogens with one attached hydrogen (secondary N) is 1. The second kappa shape index (κ2) is 4.92. The first-order valence-corrected chi connectivity index (χ1v) is 5.12. The largest absolute Gasteiger partial charge is 0.349 e. The van der Waals surface area contributed by atoms with E-state index in [0.29, 0.717) is 19.8 Å². The van der Waals surface area contributed by atoms with Crippen LogP contribution in [0, 0.1) is 0 Å². The first kappa shape index (κ1) is 12.4. The maximum absolute atomic E-state index is 11.3. The Hall–Kier alpha value is -0.650. The van der Waals surface area contributed by atoms with Gasteiger partial charge in [-0.05, 0) is 13.8 Å². The normalized spacial score (nSPS) is 21.3. The highest BCUT2D eigenvalue weighted by Gasteiger charge is 2.28. The molecule has 1 aliphatic rings. The van der Waals surface area contributed by atoms with E-state index in [-0.39, 0.29) is 11.9 Å². The third-order valence-corrected chi connectivity index (χ3v) is 2.31. The SMILES string of the molecule is CN(C)C(=O)CNC1COC(C)(C)OC1. The summed E-state index contributed by atoms with van der Waals surface area (Å²) in [5.74, 6) is -0.441. The van der Waals surface area contributed by atoms with E-state index in [1.807, 2.05) is 13.8 Å². The van der Waals surface area contributed by atoms with Crippen LogP contribution in [-0.2, 0) is 14.3 Å². The summed E-state index contributed by atoms with van der Waals surface area (Å²) in [7, 11) is 3.47. The van der Waals surface area contributed by atoms with Crippen LogP contribution in [0.3, 0.4) is 0 Å². The topological polar surface area (TPSA) is 50.8 Å². The van der Waals surface area contributed by atoms with Crippen LogP contribution < -0.4 is 5.32 Å². The average molecular weight is 216 g/mol. The van der Waals surface area contributed by atoms with E-state index in [0.717, 1.165) is 0 Å². The zero-order chi connectivity index (χ0) is 11.5. The second-order valence-electron chi connectivity index (χ2n) is 4.39. The number of rotatable bonds is 3. The molecule has 15 heavy (non-hydrogen) atoms. The maximum Gasteiger partial charge on any atom is 0.236 e. The van der Waals surface area contributed by atoms with Gasteiger partial charge < -0.3 is 19.7 Å². The van der Waals surface area contributed by atoms with Crippen LogP contribution in [0.1, 0.15) is 13.8 Å². The lowest BCUT2D eigenvalue weighted by atomic mass is 10.2. The van der Waals surface area contributed by atoms with E-state index in [9.17, 15) is 4.79 Å². The quantitative estimate of drug-likeness (QED) is 0.711. The Balaban J connectivity index is 2.22. The van der Waals surface area contributed by atoms with Crippen LogP contribution in [0.4, 0.5) is 0 Å². The second-order valence-corrected chi connectivity index (χ2v) is 4.39. The van der Waals surface area contributed by atoms with Gasteiger partial charge in [0.2, 0.25) is 5.91 Å². The number of likely N-dealkylation sites (N-methyl/N-ethyl adjacent to an activating group) is 1. The van der Waals surface area contributed by atoms with Crippen LogP contribution in [-0.4, -0.2) is 56.5 Å². The standard InChI is InChI=1S/C10H20N2O3/c1-10(2)14-6-8(7-15-10)11-5-9(13)12(3)4/h8,11H,5-7H2,1-4H3. The number of carbonyl (C=O) groups excluding carboxylic acids is 1. The zero-order valence-corrected chi connectivity index (χ0v) is 9.87. The van der Waals surface area contributed by atoms with Gasteiger partial charge in [-0.3, -0.25) is 4.79 Å². The molecule has 0 aliphatic carbocycles. The molecule has 0 unspecified atom stereocenters. The summed E-state index contributed by atoms with van der Waals surface area (Å²) in [5, 5.41) is 3.10. The summed E-state index contributed by atoms with van der Waals surface area (Å²) >= 11 is 0. The molecule has 88 valence electrons. The summed E-state index contributed by atoms with van der Waals surface area (Å²) < 4.78 is 10.9. The van der Waals surface area contributed by atoms with Gasteiger partial charge in [-0.15, -0.1) is 0 Å². The Labute approximate surface area is 90.7 Å². The van der Waals surface area contributed by atoms with Crippen LogP contribution >= 0.6 is 0 Å². The molecule has 5 nitrogen and oxygen atoms in total. The number of hydrogen-bond acceptors (Lipinski definition) is 4. The number of hydrogen-bond donors (Lipinski definition) is 1. The molecule has 0 saturated carbocycles. The number of ether oxygens (including phenoxy) is 2. The maximum atomic E-state index is 11.3. The molecule has 5 heteroatoms. The average Bonchev–Trinajstić information content (AvgIpc) is 2.15. The summed E-state index contributed by atoms with van der Waals surface area (Å²) in [6.07, 6.45) is 0. The molecule has 0 spiro atoms. The van der Waals surface area contributed by atoms with Gasteiger partial charge in [0.25, 0.3) is 0 Å². The van der Waals surface area contributed by atoms with Crippen molar-refractivity contribution in [3.05, 3.63) is 0 Å². The molecular formula is C10H20N2O3. The van der Waals surface area contributed by atoms with Gasteiger partial charge in [0.05, 0.1) is 25.8 Å². The lowest BCUT2D eigenvalue weighted by molar-refractivity contribution is -0.252. The Kier molecular flexibility index (Phi) is 4.07. The minimum atomic E-state index is -0.496. The number of amides is 1. The number of carbonyl (C=O) groups is 1. The Morgan fingerprint density at radius 1 is 1.40 bits per heavy atom. The van der Waals surface area contributed by atoms with Crippen molar-refractivity contribution >= 4 is 5.91 Å². The lowest BCUT2D eigenvalue weighted by Gasteiger charge is -2.35. The van der Waals surface area contributed by atoms with Crippen molar-refractivity contribution in [2.75, 3.05) is 33.9 Å². The van der Waals surface area contributed by atoms with Crippen molar-refractivity contribution < 1.29 is 14.3 Å². The van der Waals surface area contributed by atoms with Gasteiger partial charge in [0.1, 0.15) is 0 Å². The van der Waals surface area contributed by atoms with Gasteiger partial charge >= 0.3 is 0 Å². The van der Waals surface area contributed by atoms with E-state index in [1.165, 1.54) is 0 Å². The van der Waals surface area contributed by atoms with Crippen molar-refractivity contribution in [3.63, 3.8) is 0 Å². The van der Waals surface area contributed by atoms with Crippen LogP contribution in [0.2, 0.25) is 0 Å². The first-order valence-electron chi connectivity index (χ1n) is 5.12. The Morgan fingerprint density at radius 2 is 1.93 bits per heavy atom. The summed E-state index contributed by atoms with van der Waals surface area (Å²) in [4.78, 5) is 12.9. The van der Waals surface area contributed by atoms with E-state index in [2.05, 4.69) is 5.32 Å². The molecule has 1 rings (SSSR count). The van der Waals surface area contributed by atoms with Crippen molar-refractivity contribution in [2.24, 2.45) is 0 Å². The molecule has 1 N–H and O–H groups in total. The van der Waals surface area contributed by atoms with E-state index < -0.39 is 5.79 Å². The molecule has 0 radical (unpaired) electrons. The van der Waals surface area contributed by atoms with Crippen molar-refractivity contribution in [1.82, 2.24) is 10.2 Å². The minimum Gasteiger partial charge on any atom is -0.349 e. The highest BCUT2D eigenvalue weighted by atomic mass is 16.7. The molecule has 1 aliphatic heterocycles. The molecule has 1 heterocycles. The highest BCUT2D eigenvalue weighted by Crippen LogP contribution is 2.16. The van der Waals surface area contributed by atoms with Gasteiger partial charge in [0, 0.05) is 14.1 Å². The van der Waals surface area contributed by atoms with E-state index in [4.69, 9.17) is 9.47 Å². The minimum absolute atomic E-state index is 0.0554. The number of nitrogens with zero attached hydrogens (tertiary/aromatic N) is 1. The summed E-state index contributed by atoms with van der Waals surface area (Å²) in [6, 6.07) is 0.0990. The van der Waals surface area contributed by atoms with Crippen LogP contribution in [0.15, 0.2) is 0 Å². The van der Waals surface area contributed by atoms with Gasteiger partial charge in [-0.25, -0.2) is 0 Å². The predicted octanol–water partition coefficient (Wildman–Crippen LogP) is -0.184. The lowest BCUT2D eigenvalue weighted by Crippen LogP contribution is -2.50. The van der Waals surface area contributed by atoms with E-state index >= 15 is 0 Å². The zero-order valence-electron chi connectivity index (χ0n) is 9.87. The monoisotopic (exact) mass is 216 g/mol. The molecule has 0 aromatic carbocycles. The molecule has 1 fully saturated rings. The van der Waals surface area contributed by atoms with E-state index in [1.54, 1.807) is 19.0 Å². The van der Waals surface area contributed by atoms with Gasteiger partial charge in [0.15, 0.2) is 5.79 Å². The summed E-state index contributed by atoms with van der Waals surface area (Å²) in [6.45, 7) is 5.24. The summed E-state index contributed by atoms with van der Waals surface area (Å²) in [5.41, 5.74) is 0. The van der Waals surface area contributed by atoms with Crippen LogP contribution in [0.5, 0.6) is 0 Å². The van der Waals surface area contributed by atoms with Gasteiger partial charge in [-0.1, -0.05) is 0 Å². The predicted molar refractivity (Wildman–Crippen MR) is 56.5 cm³/mol. The molecule has 0 atom stereocenters. The van der Waals surface area contributed by atoms with Crippen LogP contribution in [0.25, 0.3) is 0 Å². The fourth-order valence-electron chi connectivity index (χ4n) is 1.20. The van der Waals surface area contributed by atoms with Crippen molar-refractivity contribution in [3.8, 4) is 0 Å². The molecular weight excluding hydrogens is 196 g/mol. The van der Waals surface area contributed by atoms with Crippen molar-refractivity contribution in [1.29, 1.82) is 0 Å².